The first kappa shape index (κ1) is 13.4. The summed E-state index contributed by atoms with van der Waals surface area (Å²) in [5.41, 5.74) is 1.31. The van der Waals surface area contributed by atoms with Crippen LogP contribution in [-0.2, 0) is 4.74 Å². The van der Waals surface area contributed by atoms with Crippen molar-refractivity contribution in [2.24, 2.45) is 0 Å². The van der Waals surface area contributed by atoms with Crippen molar-refractivity contribution in [1.82, 2.24) is 9.97 Å². The van der Waals surface area contributed by atoms with Gasteiger partial charge in [-0.15, -0.1) is 0 Å². The number of esters is 1. The Morgan fingerprint density at radius 1 is 1.47 bits per heavy atom. The van der Waals surface area contributed by atoms with Crippen LogP contribution in [0.1, 0.15) is 16.1 Å². The minimum atomic E-state index is -0.544. The molecule has 0 unspecified atom stereocenters. The van der Waals surface area contributed by atoms with E-state index in [2.05, 4.69) is 14.7 Å². The summed E-state index contributed by atoms with van der Waals surface area (Å²) in [6.07, 6.45) is 0. The van der Waals surface area contributed by atoms with Crippen molar-refractivity contribution in [2.45, 2.75) is 6.92 Å². The zero-order valence-electron chi connectivity index (χ0n) is 10.4. The number of benzene rings is 1. The van der Waals surface area contributed by atoms with Crippen molar-refractivity contribution in [3.05, 3.63) is 46.0 Å². The van der Waals surface area contributed by atoms with Crippen molar-refractivity contribution >= 4 is 18.2 Å². The SMILES string of the molecule is COC(=O)c1c(C)[nH]c(-c2cccc(F)c2)nc1=S. The number of H-pyrrole nitrogens is 1. The van der Waals surface area contributed by atoms with E-state index >= 15 is 0 Å². The van der Waals surface area contributed by atoms with Gasteiger partial charge in [0, 0.05) is 11.3 Å². The average Bonchev–Trinajstić information content (AvgIpc) is 2.37. The van der Waals surface area contributed by atoms with Gasteiger partial charge >= 0.3 is 5.97 Å². The third kappa shape index (κ3) is 2.68. The molecule has 1 aromatic heterocycles. The lowest BCUT2D eigenvalue weighted by molar-refractivity contribution is 0.0598. The number of aromatic nitrogens is 2. The average molecular weight is 278 g/mol. The second kappa shape index (κ2) is 5.27. The van der Waals surface area contributed by atoms with Gasteiger partial charge in [-0.1, -0.05) is 24.4 Å². The lowest BCUT2D eigenvalue weighted by Crippen LogP contribution is -2.08. The van der Waals surface area contributed by atoms with Crippen LogP contribution in [0.15, 0.2) is 24.3 Å². The third-order valence-corrected chi connectivity index (χ3v) is 2.89. The number of hydrogen-bond donors (Lipinski definition) is 1. The van der Waals surface area contributed by atoms with Crippen molar-refractivity contribution < 1.29 is 13.9 Å². The number of hydrogen-bond acceptors (Lipinski definition) is 4. The second-order valence-corrected chi connectivity index (χ2v) is 4.28. The number of rotatable bonds is 2. The van der Waals surface area contributed by atoms with Gasteiger partial charge in [0.25, 0.3) is 0 Å². The van der Waals surface area contributed by atoms with E-state index in [1.54, 1.807) is 19.1 Å². The Balaban J connectivity index is 2.58. The molecule has 4 nitrogen and oxygen atoms in total. The Hall–Kier alpha value is -2.08. The standard InChI is InChI=1S/C13H11FN2O2S/c1-7-10(13(17)18-2)12(19)16-11(15-7)8-4-3-5-9(14)6-8/h3-6H,1-2H3,(H,15,16,19). The first-order valence-corrected chi connectivity index (χ1v) is 5.89. The van der Waals surface area contributed by atoms with Crippen LogP contribution in [0.25, 0.3) is 11.4 Å². The van der Waals surface area contributed by atoms with Gasteiger partial charge < -0.3 is 9.72 Å². The molecule has 0 aliphatic rings. The van der Waals surface area contributed by atoms with Crippen molar-refractivity contribution in [1.29, 1.82) is 0 Å². The molecule has 0 atom stereocenters. The molecule has 0 amide bonds. The number of halogens is 1. The van der Waals surface area contributed by atoms with E-state index in [0.29, 0.717) is 17.1 Å². The van der Waals surface area contributed by atoms with Crippen LogP contribution in [-0.4, -0.2) is 23.0 Å². The van der Waals surface area contributed by atoms with E-state index in [1.165, 1.54) is 19.2 Å². The molecule has 6 heteroatoms. The predicted molar refractivity (Wildman–Crippen MR) is 70.9 cm³/mol. The molecule has 0 fully saturated rings. The Labute approximate surface area is 114 Å². The van der Waals surface area contributed by atoms with Gasteiger partial charge in [-0.3, -0.25) is 0 Å². The van der Waals surface area contributed by atoms with E-state index < -0.39 is 5.97 Å². The fourth-order valence-corrected chi connectivity index (χ4v) is 2.03. The molecule has 0 aliphatic carbocycles. The monoisotopic (exact) mass is 278 g/mol. The molecule has 1 aromatic carbocycles. The largest absolute Gasteiger partial charge is 0.465 e. The topological polar surface area (TPSA) is 55.0 Å². The van der Waals surface area contributed by atoms with E-state index in [4.69, 9.17) is 12.2 Å². The highest BCUT2D eigenvalue weighted by Crippen LogP contribution is 2.18. The number of aryl methyl sites for hydroxylation is 1. The number of ether oxygens (including phenoxy) is 1. The smallest absolute Gasteiger partial charge is 0.342 e. The number of carbonyl (C=O) groups excluding carboxylic acids is 1. The molecule has 0 saturated heterocycles. The molecule has 0 saturated carbocycles. The molecule has 98 valence electrons. The molecule has 0 aliphatic heterocycles. The van der Waals surface area contributed by atoms with E-state index in [1.807, 2.05) is 0 Å². The van der Waals surface area contributed by atoms with E-state index in [-0.39, 0.29) is 16.0 Å². The van der Waals surface area contributed by atoms with Crippen LogP contribution in [0.2, 0.25) is 0 Å². The maximum atomic E-state index is 13.2. The van der Waals surface area contributed by atoms with Gasteiger partial charge in [-0.05, 0) is 19.1 Å². The number of aromatic amines is 1. The number of nitrogens with zero attached hydrogens (tertiary/aromatic N) is 1. The van der Waals surface area contributed by atoms with Crippen molar-refractivity contribution in [2.75, 3.05) is 7.11 Å². The zero-order chi connectivity index (χ0) is 14.0. The van der Waals surface area contributed by atoms with Crippen LogP contribution in [0.4, 0.5) is 4.39 Å². The first-order chi connectivity index (χ1) is 9.02. The quantitative estimate of drug-likeness (QED) is 0.677. The highest BCUT2D eigenvalue weighted by atomic mass is 32.1. The molecule has 0 radical (unpaired) electrons. The van der Waals surface area contributed by atoms with Crippen LogP contribution in [0.5, 0.6) is 0 Å². The Morgan fingerprint density at radius 2 is 2.21 bits per heavy atom. The fourth-order valence-electron chi connectivity index (χ4n) is 1.70. The Bertz CT molecular complexity index is 697. The van der Waals surface area contributed by atoms with Gasteiger partial charge in [0.05, 0.1) is 7.11 Å². The summed E-state index contributed by atoms with van der Waals surface area (Å²) in [6, 6.07) is 5.96. The van der Waals surface area contributed by atoms with Crippen molar-refractivity contribution in [3.63, 3.8) is 0 Å². The molecular formula is C13H11FN2O2S. The summed E-state index contributed by atoms with van der Waals surface area (Å²) < 4.78 is 17.9. The fraction of sp³-hybridized carbons (Fsp3) is 0.154. The number of carbonyl (C=O) groups is 1. The zero-order valence-corrected chi connectivity index (χ0v) is 11.2. The predicted octanol–water partition coefficient (Wildman–Crippen LogP) is 3.04. The van der Waals surface area contributed by atoms with Gasteiger partial charge in [-0.25, -0.2) is 14.2 Å². The summed E-state index contributed by atoms with van der Waals surface area (Å²) in [6.45, 7) is 1.69. The molecule has 1 heterocycles. The summed E-state index contributed by atoms with van der Waals surface area (Å²) >= 11 is 5.08. The summed E-state index contributed by atoms with van der Waals surface area (Å²) in [7, 11) is 1.27. The Kier molecular flexibility index (Phi) is 3.71. The van der Waals surface area contributed by atoms with E-state index in [9.17, 15) is 9.18 Å². The lowest BCUT2D eigenvalue weighted by atomic mass is 10.2. The molecule has 2 aromatic rings. The Morgan fingerprint density at radius 3 is 2.79 bits per heavy atom. The normalized spacial score (nSPS) is 10.3. The minimum Gasteiger partial charge on any atom is -0.465 e. The molecule has 19 heavy (non-hydrogen) atoms. The lowest BCUT2D eigenvalue weighted by Gasteiger charge is -2.07. The van der Waals surface area contributed by atoms with Crippen LogP contribution in [0.3, 0.4) is 0 Å². The minimum absolute atomic E-state index is 0.127. The van der Waals surface area contributed by atoms with Gasteiger partial charge in [0.15, 0.2) is 0 Å². The second-order valence-electron chi connectivity index (χ2n) is 3.89. The van der Waals surface area contributed by atoms with Gasteiger partial charge in [-0.2, -0.15) is 0 Å². The highest BCUT2D eigenvalue weighted by molar-refractivity contribution is 7.71. The third-order valence-electron chi connectivity index (χ3n) is 2.60. The van der Waals surface area contributed by atoms with Gasteiger partial charge in [0.1, 0.15) is 21.8 Å². The van der Waals surface area contributed by atoms with Crippen molar-refractivity contribution in [3.8, 4) is 11.4 Å². The summed E-state index contributed by atoms with van der Waals surface area (Å²) in [5, 5.41) is 0. The molecular weight excluding hydrogens is 267 g/mol. The maximum Gasteiger partial charge on any atom is 0.342 e. The summed E-state index contributed by atoms with van der Waals surface area (Å²) in [5.74, 6) is -0.500. The van der Waals surface area contributed by atoms with Crippen LogP contribution in [0, 0.1) is 17.4 Å². The summed E-state index contributed by atoms with van der Waals surface area (Å²) in [4.78, 5) is 18.6. The van der Waals surface area contributed by atoms with Crippen LogP contribution >= 0.6 is 12.2 Å². The first-order valence-electron chi connectivity index (χ1n) is 5.48. The highest BCUT2D eigenvalue weighted by Gasteiger charge is 2.14. The molecule has 0 spiro atoms. The molecule has 0 bridgehead atoms. The molecule has 2 rings (SSSR count). The number of nitrogens with one attached hydrogen (secondary N) is 1. The van der Waals surface area contributed by atoms with E-state index in [0.717, 1.165) is 0 Å². The molecule has 1 N–H and O–H groups in total. The number of methoxy groups -OCH3 is 1. The van der Waals surface area contributed by atoms with Crippen LogP contribution < -0.4 is 0 Å². The van der Waals surface area contributed by atoms with Gasteiger partial charge in [0.2, 0.25) is 0 Å². The maximum absolute atomic E-state index is 13.2.